The molecule has 0 aliphatic carbocycles. The molecule has 3 aromatic rings. The normalized spacial score (nSPS) is 14.5. The lowest BCUT2D eigenvalue weighted by Crippen LogP contribution is -2.21. The third-order valence-corrected chi connectivity index (χ3v) is 5.03. The molecule has 4 rings (SSSR count). The van der Waals surface area contributed by atoms with Crippen molar-refractivity contribution >= 4 is 11.6 Å². The molecule has 0 bridgehead atoms. The Balaban J connectivity index is 1.25. The lowest BCUT2D eigenvalue weighted by molar-refractivity contribution is -0.118. The maximum Gasteiger partial charge on any atom is 0.262 e. The second-order valence-electron chi connectivity index (χ2n) is 7.23. The lowest BCUT2D eigenvalue weighted by atomic mass is 10.0. The summed E-state index contributed by atoms with van der Waals surface area (Å²) in [7, 11) is 0. The fraction of sp³-hybridized carbons (Fsp3) is 0.304. The van der Waals surface area contributed by atoms with E-state index in [2.05, 4.69) is 22.5 Å². The van der Waals surface area contributed by atoms with Crippen molar-refractivity contribution in [2.24, 2.45) is 5.92 Å². The van der Waals surface area contributed by atoms with Crippen LogP contribution in [0.5, 0.6) is 5.75 Å². The van der Waals surface area contributed by atoms with Crippen LogP contribution >= 0.6 is 0 Å². The van der Waals surface area contributed by atoms with Crippen LogP contribution in [0.25, 0.3) is 11.1 Å². The number of hydrogen-bond donors (Lipinski definition) is 1. The van der Waals surface area contributed by atoms with Crippen molar-refractivity contribution in [3.63, 3.8) is 0 Å². The number of ether oxygens (including phenoxy) is 2. The Hall–Kier alpha value is -3.12. The topological polar surface area (TPSA) is 65.4 Å². The summed E-state index contributed by atoms with van der Waals surface area (Å²) in [5, 5.41) is 7.18. The Morgan fingerprint density at radius 2 is 1.79 bits per heavy atom. The minimum atomic E-state index is -0.206. The molecule has 2 heterocycles. The Morgan fingerprint density at radius 1 is 1.07 bits per heavy atom. The number of anilines is 1. The van der Waals surface area contributed by atoms with Crippen molar-refractivity contribution in [2.75, 3.05) is 25.1 Å². The van der Waals surface area contributed by atoms with Gasteiger partial charge in [-0.2, -0.15) is 5.10 Å². The maximum absolute atomic E-state index is 12.2. The molecular weight excluding hydrogens is 366 g/mol. The number of amides is 1. The van der Waals surface area contributed by atoms with E-state index in [1.165, 1.54) is 0 Å². The highest BCUT2D eigenvalue weighted by atomic mass is 16.5. The highest BCUT2D eigenvalue weighted by Gasteiger charge is 2.15. The van der Waals surface area contributed by atoms with Crippen molar-refractivity contribution in [1.82, 2.24) is 9.78 Å². The van der Waals surface area contributed by atoms with Crippen molar-refractivity contribution < 1.29 is 14.3 Å². The van der Waals surface area contributed by atoms with Gasteiger partial charge < -0.3 is 14.8 Å². The smallest absolute Gasteiger partial charge is 0.262 e. The average molecular weight is 391 g/mol. The molecule has 0 atom stereocenters. The molecule has 1 amide bonds. The van der Waals surface area contributed by atoms with Gasteiger partial charge in [-0.1, -0.05) is 42.5 Å². The minimum absolute atomic E-state index is 0.0458. The summed E-state index contributed by atoms with van der Waals surface area (Å²) in [4.78, 5) is 12.2. The molecule has 1 aliphatic rings. The van der Waals surface area contributed by atoms with Gasteiger partial charge >= 0.3 is 0 Å². The predicted octanol–water partition coefficient (Wildman–Crippen LogP) is 3.99. The summed E-state index contributed by atoms with van der Waals surface area (Å²) in [6, 6.07) is 17.9. The van der Waals surface area contributed by atoms with Gasteiger partial charge in [0, 0.05) is 26.0 Å². The highest BCUT2D eigenvalue weighted by Crippen LogP contribution is 2.22. The van der Waals surface area contributed by atoms with Gasteiger partial charge in [0.05, 0.1) is 11.9 Å². The SMILES string of the molecule is O=C(COc1ccc(-c2ccccc2)cc1)Nc1cnn(CC2CCOCC2)c1. The van der Waals surface area contributed by atoms with Crippen LogP contribution < -0.4 is 10.1 Å². The molecule has 1 fully saturated rings. The zero-order valence-electron chi connectivity index (χ0n) is 16.3. The maximum atomic E-state index is 12.2. The van der Waals surface area contributed by atoms with Gasteiger partial charge in [-0.05, 0) is 42.0 Å². The van der Waals surface area contributed by atoms with Crippen molar-refractivity contribution in [3.05, 3.63) is 67.0 Å². The molecule has 1 aromatic heterocycles. The first-order chi connectivity index (χ1) is 14.3. The zero-order valence-corrected chi connectivity index (χ0v) is 16.3. The van der Waals surface area contributed by atoms with Crippen LogP contribution in [-0.4, -0.2) is 35.5 Å². The molecule has 0 saturated carbocycles. The Labute approximate surface area is 170 Å². The molecule has 1 saturated heterocycles. The first kappa shape index (κ1) is 19.2. The lowest BCUT2D eigenvalue weighted by Gasteiger charge is -2.21. The van der Waals surface area contributed by atoms with Crippen LogP contribution in [0, 0.1) is 5.92 Å². The Morgan fingerprint density at radius 3 is 2.55 bits per heavy atom. The van der Waals surface area contributed by atoms with Crippen LogP contribution in [0.2, 0.25) is 0 Å². The minimum Gasteiger partial charge on any atom is -0.484 e. The van der Waals surface area contributed by atoms with E-state index in [0.29, 0.717) is 17.4 Å². The third-order valence-electron chi connectivity index (χ3n) is 5.03. The van der Waals surface area contributed by atoms with Crippen LogP contribution in [0.1, 0.15) is 12.8 Å². The summed E-state index contributed by atoms with van der Waals surface area (Å²) in [6.07, 6.45) is 5.64. The van der Waals surface area contributed by atoms with E-state index >= 15 is 0 Å². The number of rotatable bonds is 7. The van der Waals surface area contributed by atoms with Gasteiger partial charge in [0.2, 0.25) is 0 Å². The summed E-state index contributed by atoms with van der Waals surface area (Å²) < 4.78 is 12.9. The Bertz CT molecular complexity index is 916. The first-order valence-corrected chi connectivity index (χ1v) is 9.94. The van der Waals surface area contributed by atoms with E-state index in [4.69, 9.17) is 9.47 Å². The second-order valence-corrected chi connectivity index (χ2v) is 7.23. The quantitative estimate of drug-likeness (QED) is 0.661. The molecule has 29 heavy (non-hydrogen) atoms. The van der Waals surface area contributed by atoms with Crippen LogP contribution in [0.15, 0.2) is 67.0 Å². The molecular formula is C23H25N3O3. The number of carbonyl (C=O) groups excluding carboxylic acids is 1. The number of nitrogens with one attached hydrogen (secondary N) is 1. The fourth-order valence-corrected chi connectivity index (χ4v) is 3.44. The summed E-state index contributed by atoms with van der Waals surface area (Å²) in [5.74, 6) is 1.03. The molecule has 6 nitrogen and oxygen atoms in total. The zero-order chi connectivity index (χ0) is 19.9. The van der Waals surface area contributed by atoms with E-state index in [1.54, 1.807) is 6.20 Å². The van der Waals surface area contributed by atoms with Crippen LogP contribution in [0.3, 0.4) is 0 Å². The fourth-order valence-electron chi connectivity index (χ4n) is 3.44. The molecule has 1 aliphatic heterocycles. The number of aromatic nitrogens is 2. The number of carbonyl (C=O) groups is 1. The molecule has 2 aromatic carbocycles. The van der Waals surface area contributed by atoms with E-state index < -0.39 is 0 Å². The average Bonchev–Trinajstić information content (AvgIpc) is 3.20. The van der Waals surface area contributed by atoms with Gasteiger partial charge in [0.1, 0.15) is 5.75 Å². The van der Waals surface area contributed by atoms with E-state index in [0.717, 1.165) is 43.7 Å². The first-order valence-electron chi connectivity index (χ1n) is 9.94. The highest BCUT2D eigenvalue weighted by molar-refractivity contribution is 5.91. The van der Waals surface area contributed by atoms with Gasteiger partial charge in [0.25, 0.3) is 5.91 Å². The van der Waals surface area contributed by atoms with Gasteiger partial charge in [-0.15, -0.1) is 0 Å². The number of nitrogens with zero attached hydrogens (tertiary/aromatic N) is 2. The van der Waals surface area contributed by atoms with Crippen molar-refractivity contribution in [2.45, 2.75) is 19.4 Å². The van der Waals surface area contributed by atoms with Gasteiger partial charge in [-0.3, -0.25) is 9.48 Å². The van der Waals surface area contributed by atoms with Crippen molar-refractivity contribution in [1.29, 1.82) is 0 Å². The van der Waals surface area contributed by atoms with E-state index in [9.17, 15) is 4.79 Å². The molecule has 0 spiro atoms. The molecule has 150 valence electrons. The largest absolute Gasteiger partial charge is 0.484 e. The molecule has 0 radical (unpaired) electrons. The van der Waals surface area contributed by atoms with Crippen molar-refractivity contribution in [3.8, 4) is 16.9 Å². The molecule has 6 heteroatoms. The summed E-state index contributed by atoms with van der Waals surface area (Å²) in [5.41, 5.74) is 2.94. The molecule has 0 unspecified atom stereocenters. The monoisotopic (exact) mass is 391 g/mol. The van der Waals surface area contributed by atoms with E-state index in [1.807, 2.05) is 53.3 Å². The molecule has 1 N–H and O–H groups in total. The number of benzene rings is 2. The van der Waals surface area contributed by atoms with Crippen LogP contribution in [0.4, 0.5) is 5.69 Å². The Kier molecular flexibility index (Phi) is 6.22. The standard InChI is InChI=1S/C23H25N3O3/c27-23(25-21-14-24-26(16-21)15-18-10-12-28-13-11-18)17-29-22-8-6-20(7-9-22)19-4-2-1-3-5-19/h1-9,14,16,18H,10-13,15,17H2,(H,25,27). The summed E-state index contributed by atoms with van der Waals surface area (Å²) >= 11 is 0. The second kappa shape index (κ2) is 9.39. The van der Waals surface area contributed by atoms with Crippen LogP contribution in [-0.2, 0) is 16.1 Å². The van der Waals surface area contributed by atoms with E-state index in [-0.39, 0.29) is 12.5 Å². The predicted molar refractivity (Wildman–Crippen MR) is 112 cm³/mol. The third kappa shape index (κ3) is 5.45. The van der Waals surface area contributed by atoms with Gasteiger partial charge in [-0.25, -0.2) is 0 Å². The van der Waals surface area contributed by atoms with Gasteiger partial charge in [0.15, 0.2) is 6.61 Å². The number of hydrogen-bond acceptors (Lipinski definition) is 4. The summed E-state index contributed by atoms with van der Waals surface area (Å²) in [6.45, 7) is 2.44.